The van der Waals surface area contributed by atoms with E-state index in [-0.39, 0.29) is 5.91 Å². The van der Waals surface area contributed by atoms with Crippen LogP contribution in [0.5, 0.6) is 0 Å². The summed E-state index contributed by atoms with van der Waals surface area (Å²) >= 11 is 4.99. The lowest BCUT2D eigenvalue weighted by atomic mass is 10.2. The average Bonchev–Trinajstić information content (AvgIpc) is 3.06. The lowest BCUT2D eigenvalue weighted by molar-refractivity contribution is -0.117. The van der Waals surface area contributed by atoms with E-state index >= 15 is 0 Å². The van der Waals surface area contributed by atoms with Crippen molar-refractivity contribution in [2.75, 3.05) is 16.8 Å². The molecule has 2 heterocycles. The number of anilines is 1. The van der Waals surface area contributed by atoms with Crippen LogP contribution in [0.1, 0.15) is 6.42 Å². The van der Waals surface area contributed by atoms with Crippen molar-refractivity contribution in [3.8, 4) is 11.3 Å². The molecule has 1 fully saturated rings. The Balaban J connectivity index is 1.84. The zero-order valence-corrected chi connectivity index (χ0v) is 12.7. The highest BCUT2D eigenvalue weighted by molar-refractivity contribution is 9.09. The summed E-state index contributed by atoms with van der Waals surface area (Å²) in [6.45, 7) is 0.770. The minimum absolute atomic E-state index is 0.179. The van der Waals surface area contributed by atoms with E-state index in [1.54, 1.807) is 0 Å². The second-order valence-electron chi connectivity index (χ2n) is 4.61. The number of rotatable bonds is 3. The Hall–Kier alpha value is -1.20. The predicted octanol–water partition coefficient (Wildman–Crippen LogP) is 3.56. The third-order valence-corrected chi connectivity index (χ3v) is 5.00. The monoisotopic (exact) mass is 336 g/mol. The van der Waals surface area contributed by atoms with Gasteiger partial charge in [0.1, 0.15) is 0 Å². The van der Waals surface area contributed by atoms with E-state index in [1.165, 1.54) is 11.3 Å². The molecule has 0 saturated carbocycles. The zero-order valence-electron chi connectivity index (χ0n) is 10.3. The molecule has 1 aromatic carbocycles. The lowest BCUT2D eigenvalue weighted by Gasteiger charge is -2.11. The summed E-state index contributed by atoms with van der Waals surface area (Å²) in [5, 5.41) is 3.69. The first-order chi connectivity index (χ1) is 9.28. The molecule has 19 heavy (non-hydrogen) atoms. The van der Waals surface area contributed by atoms with Crippen molar-refractivity contribution in [1.82, 2.24) is 4.98 Å². The number of benzene rings is 1. The van der Waals surface area contributed by atoms with Crippen molar-refractivity contribution in [1.29, 1.82) is 0 Å². The highest BCUT2D eigenvalue weighted by Gasteiger charge is 2.31. The molecule has 1 amide bonds. The Kier molecular flexibility index (Phi) is 3.66. The van der Waals surface area contributed by atoms with Gasteiger partial charge >= 0.3 is 0 Å². The number of hydrogen-bond donors (Lipinski definition) is 0. The van der Waals surface area contributed by atoms with Crippen molar-refractivity contribution in [3.05, 3.63) is 35.7 Å². The number of thiazole rings is 1. The number of aromatic nitrogens is 1. The van der Waals surface area contributed by atoms with Crippen molar-refractivity contribution in [2.24, 2.45) is 5.92 Å². The summed E-state index contributed by atoms with van der Waals surface area (Å²) in [6, 6.07) is 10.0. The number of carbonyl (C=O) groups excluding carboxylic acids is 1. The zero-order chi connectivity index (χ0) is 13.2. The van der Waals surface area contributed by atoms with Crippen LogP contribution >= 0.6 is 27.3 Å². The smallest absolute Gasteiger partial charge is 0.229 e. The van der Waals surface area contributed by atoms with Gasteiger partial charge in [-0.15, -0.1) is 11.3 Å². The number of halogens is 1. The maximum Gasteiger partial charge on any atom is 0.229 e. The molecule has 1 aliphatic rings. The fourth-order valence-corrected chi connectivity index (χ4v) is 3.49. The van der Waals surface area contributed by atoms with Gasteiger partial charge in [-0.05, 0) is 5.92 Å². The third-order valence-electron chi connectivity index (χ3n) is 3.22. The number of hydrogen-bond acceptors (Lipinski definition) is 3. The molecule has 5 heteroatoms. The molecule has 2 aromatic rings. The Morgan fingerprint density at radius 1 is 1.37 bits per heavy atom. The highest BCUT2D eigenvalue weighted by Crippen LogP contribution is 2.31. The number of alkyl halides is 1. The summed E-state index contributed by atoms with van der Waals surface area (Å²) in [5.41, 5.74) is 2.03. The molecule has 1 aliphatic heterocycles. The topological polar surface area (TPSA) is 33.2 Å². The number of amides is 1. The van der Waals surface area contributed by atoms with Gasteiger partial charge in [0.2, 0.25) is 5.91 Å². The van der Waals surface area contributed by atoms with Crippen molar-refractivity contribution >= 4 is 38.3 Å². The fraction of sp³-hybridized carbons (Fsp3) is 0.286. The minimum atomic E-state index is 0.179. The van der Waals surface area contributed by atoms with Gasteiger partial charge in [0.05, 0.1) is 5.69 Å². The van der Waals surface area contributed by atoms with E-state index in [9.17, 15) is 4.79 Å². The molecule has 1 atom stereocenters. The first-order valence-corrected chi connectivity index (χ1v) is 8.15. The minimum Gasteiger partial charge on any atom is -0.288 e. The first kappa shape index (κ1) is 12.8. The molecule has 0 spiro atoms. The van der Waals surface area contributed by atoms with Gasteiger partial charge in [-0.2, -0.15) is 0 Å². The predicted molar refractivity (Wildman–Crippen MR) is 81.8 cm³/mol. The molecule has 1 aromatic heterocycles. The van der Waals surface area contributed by atoms with Crippen LogP contribution < -0.4 is 4.90 Å². The van der Waals surface area contributed by atoms with Crippen LogP contribution in [0, 0.1) is 5.92 Å². The van der Waals surface area contributed by atoms with Gasteiger partial charge in [-0.1, -0.05) is 46.3 Å². The fourth-order valence-electron chi connectivity index (χ4n) is 2.20. The largest absolute Gasteiger partial charge is 0.288 e. The van der Waals surface area contributed by atoms with E-state index in [2.05, 4.69) is 20.9 Å². The number of nitrogens with zero attached hydrogens (tertiary/aromatic N) is 2. The maximum absolute atomic E-state index is 12.0. The van der Waals surface area contributed by atoms with Crippen molar-refractivity contribution in [2.45, 2.75) is 6.42 Å². The molecule has 0 N–H and O–H groups in total. The third kappa shape index (κ3) is 2.58. The van der Waals surface area contributed by atoms with Crippen molar-refractivity contribution < 1.29 is 4.79 Å². The van der Waals surface area contributed by atoms with Gasteiger partial charge in [0, 0.05) is 29.2 Å². The second kappa shape index (κ2) is 5.43. The van der Waals surface area contributed by atoms with Gasteiger partial charge in [0.25, 0.3) is 0 Å². The summed E-state index contributed by atoms with van der Waals surface area (Å²) in [5.74, 6) is 0.579. The summed E-state index contributed by atoms with van der Waals surface area (Å²) < 4.78 is 0. The molecule has 1 unspecified atom stereocenters. The molecule has 98 valence electrons. The van der Waals surface area contributed by atoms with Crippen LogP contribution in [0.4, 0.5) is 5.13 Å². The lowest BCUT2D eigenvalue weighted by Crippen LogP contribution is -2.24. The van der Waals surface area contributed by atoms with Crippen LogP contribution in [0.25, 0.3) is 11.3 Å². The van der Waals surface area contributed by atoms with E-state index in [0.717, 1.165) is 28.3 Å². The van der Waals surface area contributed by atoms with Crippen LogP contribution in [-0.2, 0) is 4.79 Å². The quantitative estimate of drug-likeness (QED) is 0.803. The second-order valence-corrected chi connectivity index (χ2v) is 6.09. The first-order valence-electron chi connectivity index (χ1n) is 6.15. The van der Waals surface area contributed by atoms with Gasteiger partial charge in [-0.3, -0.25) is 9.69 Å². The Bertz CT molecular complexity index is 584. The summed E-state index contributed by atoms with van der Waals surface area (Å²) in [6.07, 6.45) is 0.617. The normalized spacial score (nSPS) is 19.1. The molecule has 3 rings (SSSR count). The standard InChI is InChI=1S/C14H13BrN2OS/c15-7-10-6-13(18)17(8-10)14-16-12(9-19-14)11-4-2-1-3-5-11/h1-5,9-10H,6-8H2. The SMILES string of the molecule is O=C1CC(CBr)CN1c1nc(-c2ccccc2)cs1. The molecule has 1 saturated heterocycles. The molecular formula is C14H13BrN2OS. The van der Waals surface area contributed by atoms with Crippen molar-refractivity contribution in [3.63, 3.8) is 0 Å². The van der Waals surface area contributed by atoms with Crippen LogP contribution in [-0.4, -0.2) is 22.8 Å². The van der Waals surface area contributed by atoms with E-state index in [4.69, 9.17) is 0 Å². The Morgan fingerprint density at radius 2 is 2.16 bits per heavy atom. The van der Waals surface area contributed by atoms with Crippen LogP contribution in [0.15, 0.2) is 35.7 Å². The Labute approximate surface area is 124 Å². The van der Waals surface area contributed by atoms with E-state index in [0.29, 0.717) is 12.3 Å². The molecule has 0 bridgehead atoms. The van der Waals surface area contributed by atoms with Crippen LogP contribution in [0.3, 0.4) is 0 Å². The summed E-state index contributed by atoms with van der Waals surface area (Å²) in [7, 11) is 0. The van der Waals surface area contributed by atoms with Gasteiger partial charge in [0.15, 0.2) is 5.13 Å². The average molecular weight is 337 g/mol. The molecule has 0 aliphatic carbocycles. The van der Waals surface area contributed by atoms with E-state index < -0.39 is 0 Å². The summed E-state index contributed by atoms with van der Waals surface area (Å²) in [4.78, 5) is 18.4. The maximum atomic E-state index is 12.0. The highest BCUT2D eigenvalue weighted by atomic mass is 79.9. The Morgan fingerprint density at radius 3 is 2.84 bits per heavy atom. The van der Waals surface area contributed by atoms with Gasteiger partial charge in [-0.25, -0.2) is 4.98 Å². The van der Waals surface area contributed by atoms with Crippen LogP contribution in [0.2, 0.25) is 0 Å². The molecule has 0 radical (unpaired) electrons. The molecular weight excluding hydrogens is 324 g/mol. The number of carbonyl (C=O) groups is 1. The molecule has 3 nitrogen and oxygen atoms in total. The van der Waals surface area contributed by atoms with E-state index in [1.807, 2.05) is 40.6 Å². The van der Waals surface area contributed by atoms with Gasteiger partial charge < -0.3 is 0 Å².